The van der Waals surface area contributed by atoms with Crippen molar-refractivity contribution in [1.29, 1.82) is 0 Å². The maximum absolute atomic E-state index is 4.21. The molecule has 1 N–H and O–H groups in total. The normalized spacial score (nSPS) is 24.3. The Bertz CT molecular complexity index is 595. The van der Waals surface area contributed by atoms with E-state index in [4.69, 9.17) is 0 Å². The number of aromatic nitrogens is 4. The number of hydrogen-bond acceptors (Lipinski definition) is 5. The minimum Gasteiger partial charge on any atom is -0.315 e. The van der Waals surface area contributed by atoms with E-state index in [0.29, 0.717) is 16.7 Å². The lowest BCUT2D eigenvalue weighted by molar-refractivity contribution is 0.300. The van der Waals surface area contributed by atoms with Gasteiger partial charge in [0.2, 0.25) is 5.16 Å². The van der Waals surface area contributed by atoms with E-state index in [1.807, 2.05) is 42.1 Å². The highest BCUT2D eigenvalue weighted by atomic mass is 32.2. The number of rotatable bonds is 4. The molecule has 112 valence electrons. The fourth-order valence-electron chi connectivity index (χ4n) is 3.16. The van der Waals surface area contributed by atoms with Gasteiger partial charge in [0.1, 0.15) is 0 Å². The molecular formula is C15H21N5S. The van der Waals surface area contributed by atoms with Crippen LogP contribution in [-0.2, 0) is 0 Å². The van der Waals surface area contributed by atoms with Crippen molar-refractivity contribution >= 4 is 11.8 Å². The van der Waals surface area contributed by atoms with Crippen LogP contribution >= 0.6 is 11.8 Å². The molecule has 1 saturated carbocycles. The average molecular weight is 303 g/mol. The third-order valence-corrected chi connectivity index (χ3v) is 5.57. The zero-order chi connectivity index (χ0) is 14.9. The van der Waals surface area contributed by atoms with Crippen LogP contribution in [0.15, 0.2) is 35.5 Å². The van der Waals surface area contributed by atoms with Crippen LogP contribution in [0.2, 0.25) is 0 Å². The third kappa shape index (κ3) is 2.82. The Morgan fingerprint density at radius 3 is 2.76 bits per heavy atom. The van der Waals surface area contributed by atoms with Gasteiger partial charge in [-0.2, -0.15) is 4.68 Å². The zero-order valence-corrected chi connectivity index (χ0v) is 13.5. The smallest absolute Gasteiger partial charge is 0.214 e. The number of hydrogen-bond donors (Lipinski definition) is 1. The monoisotopic (exact) mass is 303 g/mol. The van der Waals surface area contributed by atoms with E-state index in [9.17, 15) is 0 Å². The van der Waals surface area contributed by atoms with Gasteiger partial charge in [0.05, 0.1) is 5.69 Å². The molecule has 1 aliphatic carbocycles. The van der Waals surface area contributed by atoms with Gasteiger partial charge in [-0.05, 0) is 47.9 Å². The van der Waals surface area contributed by atoms with Crippen LogP contribution in [0.1, 0.15) is 26.7 Å². The SMILES string of the molecule is CNC1C(Sc2nnnn2-c2ccccc2)CCC1(C)C. The quantitative estimate of drug-likeness (QED) is 0.940. The van der Waals surface area contributed by atoms with Gasteiger partial charge in [0, 0.05) is 11.3 Å². The Kier molecular flexibility index (Phi) is 3.99. The second-order valence-corrected chi connectivity index (χ2v) is 7.37. The molecule has 0 bridgehead atoms. The maximum atomic E-state index is 4.21. The third-order valence-electron chi connectivity index (χ3n) is 4.30. The summed E-state index contributed by atoms with van der Waals surface area (Å²) in [6, 6.07) is 10.5. The van der Waals surface area contributed by atoms with E-state index in [1.165, 1.54) is 12.8 Å². The number of para-hydroxylation sites is 1. The van der Waals surface area contributed by atoms with Crippen molar-refractivity contribution in [1.82, 2.24) is 25.5 Å². The fourth-order valence-corrected chi connectivity index (χ4v) is 4.63. The number of thioether (sulfide) groups is 1. The van der Waals surface area contributed by atoms with Gasteiger partial charge in [-0.15, -0.1) is 5.10 Å². The summed E-state index contributed by atoms with van der Waals surface area (Å²) in [5.74, 6) is 0. The number of tetrazole rings is 1. The molecule has 0 amide bonds. The van der Waals surface area contributed by atoms with Crippen LogP contribution < -0.4 is 5.32 Å². The first-order chi connectivity index (χ1) is 10.1. The van der Waals surface area contributed by atoms with E-state index < -0.39 is 0 Å². The Morgan fingerprint density at radius 2 is 2.05 bits per heavy atom. The van der Waals surface area contributed by atoms with Crippen molar-refractivity contribution in [3.05, 3.63) is 30.3 Å². The van der Waals surface area contributed by atoms with Crippen molar-refractivity contribution in [2.24, 2.45) is 5.41 Å². The van der Waals surface area contributed by atoms with Crippen molar-refractivity contribution in [2.45, 2.75) is 43.1 Å². The first-order valence-corrected chi connectivity index (χ1v) is 8.17. The Labute approximate surface area is 129 Å². The fraction of sp³-hybridized carbons (Fsp3) is 0.533. The largest absolute Gasteiger partial charge is 0.315 e. The molecule has 3 rings (SSSR count). The summed E-state index contributed by atoms with van der Waals surface area (Å²) in [5, 5.41) is 17.0. The van der Waals surface area contributed by atoms with Crippen molar-refractivity contribution in [2.75, 3.05) is 7.05 Å². The minimum absolute atomic E-state index is 0.317. The second kappa shape index (κ2) is 5.77. The summed E-state index contributed by atoms with van der Waals surface area (Å²) in [7, 11) is 2.05. The molecule has 0 aliphatic heterocycles. The van der Waals surface area contributed by atoms with Crippen LogP contribution in [0, 0.1) is 5.41 Å². The molecule has 0 saturated heterocycles. The Balaban J connectivity index is 1.82. The molecule has 1 aromatic heterocycles. The van der Waals surface area contributed by atoms with Crippen LogP contribution in [0.4, 0.5) is 0 Å². The van der Waals surface area contributed by atoms with Gasteiger partial charge >= 0.3 is 0 Å². The molecule has 1 fully saturated rings. The highest BCUT2D eigenvalue weighted by Crippen LogP contribution is 2.44. The molecule has 0 radical (unpaired) electrons. The van der Waals surface area contributed by atoms with Gasteiger partial charge in [-0.1, -0.05) is 43.8 Å². The van der Waals surface area contributed by atoms with Gasteiger partial charge in [-0.3, -0.25) is 0 Å². The lowest BCUT2D eigenvalue weighted by Crippen LogP contribution is -2.41. The molecule has 21 heavy (non-hydrogen) atoms. The summed E-state index contributed by atoms with van der Waals surface area (Å²) >= 11 is 1.78. The van der Waals surface area contributed by atoms with E-state index >= 15 is 0 Å². The Hall–Kier alpha value is -1.40. The van der Waals surface area contributed by atoms with Crippen molar-refractivity contribution < 1.29 is 0 Å². The zero-order valence-electron chi connectivity index (χ0n) is 12.7. The number of nitrogens with one attached hydrogen (secondary N) is 1. The van der Waals surface area contributed by atoms with Crippen LogP contribution in [0.5, 0.6) is 0 Å². The number of benzene rings is 1. The standard InChI is InChI=1S/C15H21N5S/c1-15(2)10-9-12(13(15)16-3)21-14-17-18-19-20(14)11-7-5-4-6-8-11/h4-8,12-13,16H,9-10H2,1-3H3. The molecule has 2 atom stereocenters. The highest BCUT2D eigenvalue weighted by Gasteiger charge is 2.42. The molecule has 1 aromatic carbocycles. The minimum atomic E-state index is 0.317. The molecule has 2 aromatic rings. The van der Waals surface area contributed by atoms with E-state index in [-0.39, 0.29) is 0 Å². The highest BCUT2D eigenvalue weighted by molar-refractivity contribution is 7.99. The molecule has 2 unspecified atom stereocenters. The molecule has 5 nitrogen and oxygen atoms in total. The van der Waals surface area contributed by atoms with Crippen LogP contribution in [-0.4, -0.2) is 38.5 Å². The lowest BCUT2D eigenvalue weighted by Gasteiger charge is -2.29. The average Bonchev–Trinajstić information content (AvgIpc) is 3.04. The summed E-state index contributed by atoms with van der Waals surface area (Å²) in [4.78, 5) is 0. The van der Waals surface area contributed by atoms with Crippen molar-refractivity contribution in [3.8, 4) is 5.69 Å². The topological polar surface area (TPSA) is 55.6 Å². The van der Waals surface area contributed by atoms with E-state index in [1.54, 1.807) is 11.8 Å². The first-order valence-electron chi connectivity index (χ1n) is 7.29. The summed E-state index contributed by atoms with van der Waals surface area (Å²) < 4.78 is 1.82. The summed E-state index contributed by atoms with van der Waals surface area (Å²) in [6.07, 6.45) is 2.41. The predicted octanol–water partition coefficient (Wildman–Crippen LogP) is 2.53. The van der Waals surface area contributed by atoms with E-state index in [0.717, 1.165) is 10.8 Å². The first kappa shape index (κ1) is 14.5. The Morgan fingerprint density at radius 1 is 1.29 bits per heavy atom. The number of nitrogens with zero attached hydrogens (tertiary/aromatic N) is 4. The van der Waals surface area contributed by atoms with Gasteiger partial charge in [0.15, 0.2) is 0 Å². The molecule has 1 aliphatic rings. The summed E-state index contributed by atoms with van der Waals surface area (Å²) in [5.41, 5.74) is 1.32. The van der Waals surface area contributed by atoms with Gasteiger partial charge < -0.3 is 5.32 Å². The van der Waals surface area contributed by atoms with E-state index in [2.05, 4.69) is 34.7 Å². The lowest BCUT2D eigenvalue weighted by atomic mass is 9.87. The molecule has 6 heteroatoms. The van der Waals surface area contributed by atoms with Gasteiger partial charge in [0.25, 0.3) is 0 Å². The van der Waals surface area contributed by atoms with Crippen molar-refractivity contribution in [3.63, 3.8) is 0 Å². The maximum Gasteiger partial charge on any atom is 0.214 e. The molecule has 0 spiro atoms. The summed E-state index contributed by atoms with van der Waals surface area (Å²) in [6.45, 7) is 4.66. The van der Waals surface area contributed by atoms with Crippen LogP contribution in [0.25, 0.3) is 5.69 Å². The predicted molar refractivity (Wildman–Crippen MR) is 84.7 cm³/mol. The van der Waals surface area contributed by atoms with Crippen LogP contribution in [0.3, 0.4) is 0 Å². The van der Waals surface area contributed by atoms with Gasteiger partial charge in [-0.25, -0.2) is 0 Å². The molecular weight excluding hydrogens is 282 g/mol. The second-order valence-electron chi connectivity index (χ2n) is 6.16. The molecule has 1 heterocycles.